The van der Waals surface area contributed by atoms with Gasteiger partial charge < -0.3 is 14.7 Å². The Morgan fingerprint density at radius 1 is 1.17 bits per heavy atom. The van der Waals surface area contributed by atoms with Crippen molar-refractivity contribution in [3.05, 3.63) is 35.9 Å². The molecule has 1 N–H and O–H groups in total. The Morgan fingerprint density at radius 3 is 2.26 bits per heavy atom. The molecule has 2 aliphatic rings. The number of rotatable bonds is 1. The van der Waals surface area contributed by atoms with Gasteiger partial charge in [0.1, 0.15) is 5.60 Å². The number of nitrogens with zero attached hydrogens (tertiary/aromatic N) is 1. The summed E-state index contributed by atoms with van der Waals surface area (Å²) in [5.74, 6) is 0. The lowest BCUT2D eigenvalue weighted by Gasteiger charge is -2.51. The molecular formula is C19H27NO3. The molecule has 126 valence electrons. The summed E-state index contributed by atoms with van der Waals surface area (Å²) in [6, 6.07) is 9.97. The van der Waals surface area contributed by atoms with E-state index < -0.39 is 11.2 Å². The summed E-state index contributed by atoms with van der Waals surface area (Å²) in [5.41, 5.74) is -0.366. The maximum Gasteiger partial charge on any atom is 0.410 e. The molecule has 0 radical (unpaired) electrons. The third kappa shape index (κ3) is 3.37. The number of carbonyl (C=O) groups is 1. The van der Waals surface area contributed by atoms with E-state index in [1.54, 1.807) is 0 Å². The van der Waals surface area contributed by atoms with E-state index in [2.05, 4.69) is 0 Å². The van der Waals surface area contributed by atoms with E-state index in [9.17, 15) is 9.90 Å². The second kappa shape index (κ2) is 5.82. The molecule has 2 atom stereocenters. The Balaban J connectivity index is 1.82. The molecule has 1 aromatic rings. The van der Waals surface area contributed by atoms with Gasteiger partial charge in [0.05, 0.1) is 5.60 Å². The summed E-state index contributed by atoms with van der Waals surface area (Å²) in [7, 11) is 0. The van der Waals surface area contributed by atoms with Crippen LogP contribution in [0.4, 0.5) is 4.79 Å². The Morgan fingerprint density at radius 2 is 1.74 bits per heavy atom. The first-order valence-electron chi connectivity index (χ1n) is 8.58. The molecule has 4 nitrogen and oxygen atoms in total. The second-order valence-electron chi connectivity index (χ2n) is 7.93. The molecule has 0 aliphatic carbocycles. The second-order valence-corrected chi connectivity index (χ2v) is 7.93. The number of benzene rings is 1. The van der Waals surface area contributed by atoms with Crippen molar-refractivity contribution in [2.45, 2.75) is 76.2 Å². The Labute approximate surface area is 138 Å². The van der Waals surface area contributed by atoms with Gasteiger partial charge in [0, 0.05) is 24.9 Å². The minimum Gasteiger partial charge on any atom is -0.444 e. The maximum atomic E-state index is 12.6. The van der Waals surface area contributed by atoms with E-state index in [1.807, 2.05) is 56.0 Å². The van der Waals surface area contributed by atoms with Gasteiger partial charge in [-0.15, -0.1) is 0 Å². The van der Waals surface area contributed by atoms with E-state index in [1.165, 1.54) is 0 Å². The smallest absolute Gasteiger partial charge is 0.410 e. The molecule has 0 spiro atoms. The zero-order valence-corrected chi connectivity index (χ0v) is 14.3. The molecule has 2 saturated heterocycles. The third-order valence-electron chi connectivity index (χ3n) is 4.92. The lowest BCUT2D eigenvalue weighted by atomic mass is 9.73. The number of ether oxygens (including phenoxy) is 1. The highest BCUT2D eigenvalue weighted by molar-refractivity contribution is 5.69. The summed E-state index contributed by atoms with van der Waals surface area (Å²) >= 11 is 0. The third-order valence-corrected chi connectivity index (χ3v) is 4.92. The van der Waals surface area contributed by atoms with Crippen LogP contribution in [0, 0.1) is 0 Å². The van der Waals surface area contributed by atoms with Gasteiger partial charge in [0.15, 0.2) is 0 Å². The largest absolute Gasteiger partial charge is 0.444 e. The monoisotopic (exact) mass is 317 g/mol. The zero-order valence-electron chi connectivity index (χ0n) is 14.3. The van der Waals surface area contributed by atoms with Gasteiger partial charge >= 0.3 is 6.09 Å². The number of hydrogen-bond donors (Lipinski definition) is 1. The van der Waals surface area contributed by atoms with Gasteiger partial charge in [-0.25, -0.2) is 4.79 Å². The van der Waals surface area contributed by atoms with Crippen molar-refractivity contribution in [1.82, 2.24) is 4.90 Å². The van der Waals surface area contributed by atoms with Crippen molar-refractivity contribution in [1.29, 1.82) is 0 Å². The first kappa shape index (κ1) is 16.3. The Kier molecular flexibility index (Phi) is 4.13. The quantitative estimate of drug-likeness (QED) is 0.856. The van der Waals surface area contributed by atoms with Crippen molar-refractivity contribution < 1.29 is 14.6 Å². The first-order chi connectivity index (χ1) is 10.8. The molecular weight excluding hydrogens is 290 g/mol. The van der Waals surface area contributed by atoms with E-state index in [4.69, 9.17) is 4.74 Å². The number of amides is 1. The van der Waals surface area contributed by atoms with E-state index in [0.29, 0.717) is 12.8 Å². The highest BCUT2D eigenvalue weighted by atomic mass is 16.6. The van der Waals surface area contributed by atoms with E-state index in [-0.39, 0.29) is 18.2 Å². The molecule has 1 amide bonds. The molecule has 1 aromatic carbocycles. The topological polar surface area (TPSA) is 49.8 Å². The molecule has 2 fully saturated rings. The maximum absolute atomic E-state index is 12.6. The highest BCUT2D eigenvalue weighted by Crippen LogP contribution is 2.44. The van der Waals surface area contributed by atoms with Crippen LogP contribution in [0.5, 0.6) is 0 Å². The molecule has 23 heavy (non-hydrogen) atoms. The van der Waals surface area contributed by atoms with Crippen LogP contribution >= 0.6 is 0 Å². The minimum atomic E-state index is -0.838. The Hall–Kier alpha value is -1.55. The fourth-order valence-electron chi connectivity index (χ4n) is 4.03. The van der Waals surface area contributed by atoms with Crippen molar-refractivity contribution in [2.24, 2.45) is 0 Å². The molecule has 0 saturated carbocycles. The average molecular weight is 317 g/mol. The van der Waals surface area contributed by atoms with Crippen molar-refractivity contribution in [3.8, 4) is 0 Å². The molecule has 0 aromatic heterocycles. The summed E-state index contributed by atoms with van der Waals surface area (Å²) < 4.78 is 5.59. The lowest BCUT2D eigenvalue weighted by Crippen LogP contribution is -2.59. The van der Waals surface area contributed by atoms with Gasteiger partial charge in [-0.3, -0.25) is 0 Å². The highest BCUT2D eigenvalue weighted by Gasteiger charge is 2.49. The fourth-order valence-corrected chi connectivity index (χ4v) is 4.03. The van der Waals surface area contributed by atoms with E-state index in [0.717, 1.165) is 24.8 Å². The van der Waals surface area contributed by atoms with Crippen LogP contribution in [0.1, 0.15) is 58.4 Å². The van der Waals surface area contributed by atoms with Crippen LogP contribution in [0.25, 0.3) is 0 Å². The van der Waals surface area contributed by atoms with Gasteiger partial charge in [-0.1, -0.05) is 30.3 Å². The number of aliphatic hydroxyl groups is 1. The molecule has 2 aliphatic heterocycles. The molecule has 2 bridgehead atoms. The average Bonchev–Trinajstić information content (AvgIpc) is 2.45. The predicted molar refractivity (Wildman–Crippen MR) is 89.1 cm³/mol. The van der Waals surface area contributed by atoms with E-state index >= 15 is 0 Å². The number of fused-ring (bicyclic) bond motifs is 2. The molecule has 3 rings (SSSR count). The van der Waals surface area contributed by atoms with Gasteiger partial charge in [0.25, 0.3) is 0 Å². The standard InChI is InChI=1S/C19H27NO3/c1-18(2,3)23-17(21)20-15-10-7-11-16(20)13-19(22,12-15)14-8-5-4-6-9-14/h4-6,8-9,15-16,22H,7,10-13H2,1-3H3. The molecule has 4 heteroatoms. The SMILES string of the molecule is CC(C)(C)OC(=O)N1C2CCCC1CC(O)(c1ccccc1)C2. The number of hydrogen-bond acceptors (Lipinski definition) is 3. The summed E-state index contributed by atoms with van der Waals surface area (Å²) in [5, 5.41) is 11.2. The normalized spacial score (nSPS) is 30.9. The summed E-state index contributed by atoms with van der Waals surface area (Å²) in [6.45, 7) is 5.68. The van der Waals surface area contributed by atoms with Crippen LogP contribution < -0.4 is 0 Å². The lowest BCUT2D eigenvalue weighted by molar-refractivity contribution is -0.0965. The van der Waals surface area contributed by atoms with Crippen LogP contribution in [-0.4, -0.2) is 33.8 Å². The minimum absolute atomic E-state index is 0.0579. The van der Waals surface area contributed by atoms with Gasteiger partial charge in [-0.2, -0.15) is 0 Å². The fraction of sp³-hybridized carbons (Fsp3) is 0.632. The number of piperidine rings is 2. The van der Waals surface area contributed by atoms with Crippen molar-refractivity contribution in [3.63, 3.8) is 0 Å². The van der Waals surface area contributed by atoms with Crippen molar-refractivity contribution >= 4 is 6.09 Å². The number of carbonyl (C=O) groups excluding carboxylic acids is 1. The molecule has 2 heterocycles. The van der Waals surface area contributed by atoms with Crippen LogP contribution in [0.2, 0.25) is 0 Å². The van der Waals surface area contributed by atoms with Crippen LogP contribution in [-0.2, 0) is 10.3 Å². The molecule has 2 unspecified atom stereocenters. The summed E-state index contributed by atoms with van der Waals surface area (Å²) in [6.07, 6.45) is 3.93. The van der Waals surface area contributed by atoms with Crippen molar-refractivity contribution in [2.75, 3.05) is 0 Å². The predicted octanol–water partition coefficient (Wildman–Crippen LogP) is 3.83. The first-order valence-corrected chi connectivity index (χ1v) is 8.58. The van der Waals surface area contributed by atoms with Crippen LogP contribution in [0.15, 0.2) is 30.3 Å². The Bertz CT molecular complexity index is 550. The van der Waals surface area contributed by atoms with Crippen LogP contribution in [0.3, 0.4) is 0 Å². The zero-order chi connectivity index (χ0) is 16.7. The van der Waals surface area contributed by atoms with Gasteiger partial charge in [0.2, 0.25) is 0 Å². The van der Waals surface area contributed by atoms with Gasteiger partial charge in [-0.05, 0) is 45.6 Å². The summed E-state index contributed by atoms with van der Waals surface area (Å²) in [4.78, 5) is 14.5.